The molecule has 0 aliphatic heterocycles. The van der Waals surface area contributed by atoms with Crippen molar-refractivity contribution < 1.29 is 23.9 Å². The van der Waals surface area contributed by atoms with Gasteiger partial charge in [0.05, 0.1) is 11.1 Å². The molecule has 0 aromatic heterocycles. The molecular weight excluding hydrogens is 280 g/mol. The minimum Gasteiger partial charge on any atom is -0.478 e. The number of hydrogen-bond donors (Lipinski definition) is 2. The van der Waals surface area contributed by atoms with Gasteiger partial charge in [0.1, 0.15) is 9.76 Å². The van der Waals surface area contributed by atoms with Crippen LogP contribution in [0.1, 0.15) is 20.7 Å². The summed E-state index contributed by atoms with van der Waals surface area (Å²) < 4.78 is 5.51. The van der Waals surface area contributed by atoms with E-state index in [9.17, 15) is 9.59 Å². The van der Waals surface area contributed by atoms with Gasteiger partial charge in [-0.15, -0.1) is 0 Å². The molecule has 5 nitrogen and oxygen atoms in total. The Morgan fingerprint density at radius 3 is 1.58 bits per heavy atom. The highest BCUT2D eigenvalue weighted by Gasteiger charge is 2.13. The van der Waals surface area contributed by atoms with Gasteiger partial charge in [-0.25, -0.2) is 9.59 Å². The van der Waals surface area contributed by atoms with Gasteiger partial charge in [-0.1, -0.05) is 18.7 Å². The molecule has 0 spiro atoms. The molecule has 1 rings (SSSR count). The quantitative estimate of drug-likeness (QED) is 0.831. The molecule has 0 unspecified atom stereocenters. The maximum atomic E-state index is 10.5. The molecule has 0 aliphatic rings. The first kappa shape index (κ1) is 17.6. The van der Waals surface area contributed by atoms with Crippen molar-refractivity contribution in [2.75, 3.05) is 0 Å². The van der Waals surface area contributed by atoms with Crippen molar-refractivity contribution in [1.82, 2.24) is 0 Å². The van der Waals surface area contributed by atoms with Crippen molar-refractivity contribution in [3.05, 3.63) is 35.4 Å². The average Bonchev–Trinajstić information content (AvgIpc) is 2.28. The molecule has 1 aromatic carbocycles. The molecule has 0 atom stereocenters. The number of hydrogen-bond acceptors (Lipinski definition) is 3. The topological polar surface area (TPSA) is 83.8 Å². The third-order valence-electron chi connectivity index (χ3n) is 1.97. The Hall–Kier alpha value is -1.45. The fourth-order valence-corrected chi connectivity index (χ4v) is 4.75. The van der Waals surface area contributed by atoms with E-state index in [1.54, 1.807) is 0 Å². The molecule has 0 radical (unpaired) electrons. The van der Waals surface area contributed by atoms with Gasteiger partial charge in [-0.05, 0) is 31.8 Å². The van der Waals surface area contributed by atoms with E-state index < -0.39 is 20.3 Å². The van der Waals surface area contributed by atoms with Gasteiger partial charge in [-0.3, -0.25) is 0 Å². The van der Waals surface area contributed by atoms with Crippen LogP contribution in [0.2, 0.25) is 26.2 Å². The minimum absolute atomic E-state index is 0.128. The SMILES string of the molecule is C[SiH2]O[Si](C)(C)C.O=C(O)c1ccccc1C(=O)O. The Kier molecular flexibility index (Phi) is 7.27. The van der Waals surface area contributed by atoms with Crippen LogP contribution in [0.5, 0.6) is 0 Å². The molecule has 106 valence electrons. The summed E-state index contributed by atoms with van der Waals surface area (Å²) in [6.07, 6.45) is 0. The van der Waals surface area contributed by atoms with E-state index in [1.807, 2.05) is 0 Å². The number of carboxylic acid groups (broad SMARTS) is 2. The van der Waals surface area contributed by atoms with Crippen LogP contribution in [-0.2, 0) is 4.12 Å². The van der Waals surface area contributed by atoms with Gasteiger partial charge in [0.2, 0.25) is 0 Å². The lowest BCUT2D eigenvalue weighted by molar-refractivity contribution is 0.0651. The van der Waals surface area contributed by atoms with Crippen LogP contribution in [0.25, 0.3) is 0 Å². The van der Waals surface area contributed by atoms with Crippen molar-refractivity contribution in [1.29, 1.82) is 0 Å². The molecule has 7 heteroatoms. The Bertz CT molecular complexity index is 407. The van der Waals surface area contributed by atoms with Gasteiger partial charge < -0.3 is 14.3 Å². The summed E-state index contributed by atoms with van der Waals surface area (Å²) >= 11 is 0. The number of aromatic carboxylic acids is 2. The van der Waals surface area contributed by atoms with Crippen molar-refractivity contribution in [3.63, 3.8) is 0 Å². The Morgan fingerprint density at radius 1 is 1.05 bits per heavy atom. The van der Waals surface area contributed by atoms with E-state index in [2.05, 4.69) is 26.2 Å². The lowest BCUT2D eigenvalue weighted by Gasteiger charge is -2.14. The summed E-state index contributed by atoms with van der Waals surface area (Å²) in [7, 11) is -1.22. The molecule has 0 heterocycles. The summed E-state index contributed by atoms with van der Waals surface area (Å²) in [5.74, 6) is -2.46. The zero-order chi connectivity index (χ0) is 15.1. The highest BCUT2D eigenvalue weighted by molar-refractivity contribution is 6.73. The predicted molar refractivity (Wildman–Crippen MR) is 79.2 cm³/mol. The number of carboxylic acids is 2. The number of carbonyl (C=O) groups is 2. The maximum absolute atomic E-state index is 10.5. The molecule has 0 saturated carbocycles. The third kappa shape index (κ3) is 7.55. The van der Waals surface area contributed by atoms with E-state index >= 15 is 0 Å². The molecule has 0 amide bonds. The van der Waals surface area contributed by atoms with Crippen molar-refractivity contribution in [3.8, 4) is 0 Å². The standard InChI is InChI=1S/C8H6O4.C4H14OSi2/c9-7(10)5-3-1-2-4-6(5)8(11)12;1-6-5-7(2,3)4/h1-4H,(H,9,10)(H,11,12);6H2,1-4H3. The smallest absolute Gasteiger partial charge is 0.336 e. The molecule has 0 aliphatic carbocycles. The molecule has 0 saturated heterocycles. The third-order valence-corrected chi connectivity index (χ3v) is 6.58. The first-order valence-corrected chi connectivity index (χ1v) is 11.3. The van der Waals surface area contributed by atoms with Gasteiger partial charge in [0, 0.05) is 0 Å². The lowest BCUT2D eigenvalue weighted by Crippen LogP contribution is -2.26. The second kappa shape index (κ2) is 7.87. The first-order valence-electron chi connectivity index (χ1n) is 5.88. The molecule has 2 N–H and O–H groups in total. The second-order valence-electron chi connectivity index (χ2n) is 4.70. The molecule has 19 heavy (non-hydrogen) atoms. The second-order valence-corrected chi connectivity index (χ2v) is 10.7. The highest BCUT2D eigenvalue weighted by Crippen LogP contribution is 2.07. The summed E-state index contributed by atoms with van der Waals surface area (Å²) in [5, 5.41) is 17.1. The molecule has 0 bridgehead atoms. The fourth-order valence-electron chi connectivity index (χ4n) is 1.29. The first-order chi connectivity index (χ1) is 8.69. The van der Waals surface area contributed by atoms with Crippen LogP contribution >= 0.6 is 0 Å². The van der Waals surface area contributed by atoms with Crippen molar-refractivity contribution >= 4 is 30.0 Å². The molecule has 1 aromatic rings. The van der Waals surface area contributed by atoms with Crippen LogP contribution in [0, 0.1) is 0 Å². The largest absolute Gasteiger partial charge is 0.478 e. The van der Waals surface area contributed by atoms with Gasteiger partial charge >= 0.3 is 11.9 Å². The van der Waals surface area contributed by atoms with Crippen molar-refractivity contribution in [2.24, 2.45) is 0 Å². The van der Waals surface area contributed by atoms with E-state index in [1.165, 1.54) is 24.3 Å². The fraction of sp³-hybridized carbons (Fsp3) is 0.333. The van der Waals surface area contributed by atoms with E-state index in [-0.39, 0.29) is 20.9 Å². The van der Waals surface area contributed by atoms with Crippen LogP contribution in [0.3, 0.4) is 0 Å². The molecule has 0 fully saturated rings. The summed E-state index contributed by atoms with van der Waals surface area (Å²) in [4.78, 5) is 20.9. The maximum Gasteiger partial charge on any atom is 0.336 e. The van der Waals surface area contributed by atoms with Crippen LogP contribution < -0.4 is 0 Å². The van der Waals surface area contributed by atoms with Gasteiger partial charge in [-0.2, -0.15) is 0 Å². The van der Waals surface area contributed by atoms with E-state index in [0.717, 1.165) is 0 Å². The van der Waals surface area contributed by atoms with Crippen LogP contribution in [0.15, 0.2) is 24.3 Å². The summed E-state index contributed by atoms with van der Waals surface area (Å²) in [6.45, 7) is 8.86. The molecular formula is C12H20O5Si2. The van der Waals surface area contributed by atoms with E-state index in [4.69, 9.17) is 14.3 Å². The van der Waals surface area contributed by atoms with Crippen molar-refractivity contribution in [2.45, 2.75) is 26.2 Å². The predicted octanol–water partition coefficient (Wildman–Crippen LogP) is 2.05. The summed E-state index contributed by atoms with van der Waals surface area (Å²) in [6, 6.07) is 5.48. The Morgan fingerprint density at radius 2 is 1.42 bits per heavy atom. The van der Waals surface area contributed by atoms with E-state index in [0.29, 0.717) is 0 Å². The average molecular weight is 300 g/mol. The highest BCUT2D eigenvalue weighted by atomic mass is 28.4. The monoisotopic (exact) mass is 300 g/mol. The zero-order valence-corrected chi connectivity index (χ0v) is 14.0. The Balaban J connectivity index is 0.000000399. The minimum atomic E-state index is -1.23. The number of rotatable bonds is 4. The lowest BCUT2D eigenvalue weighted by atomic mass is 10.1. The summed E-state index contributed by atoms with van der Waals surface area (Å²) in [5.41, 5.74) is -0.380. The van der Waals surface area contributed by atoms with Crippen LogP contribution in [0.4, 0.5) is 0 Å². The Labute approximate surface area is 116 Å². The normalized spacial score (nSPS) is 10.9. The van der Waals surface area contributed by atoms with Crippen LogP contribution in [-0.4, -0.2) is 40.2 Å². The van der Waals surface area contributed by atoms with Gasteiger partial charge in [0.25, 0.3) is 0 Å². The van der Waals surface area contributed by atoms with Gasteiger partial charge in [0.15, 0.2) is 8.32 Å². The zero-order valence-electron chi connectivity index (χ0n) is 11.6. The number of benzene rings is 1.